The lowest BCUT2D eigenvalue weighted by Gasteiger charge is -2.07. The number of halogens is 1. The number of esters is 1. The summed E-state index contributed by atoms with van der Waals surface area (Å²) in [6.07, 6.45) is 12.1. The van der Waals surface area contributed by atoms with Crippen molar-refractivity contribution in [3.63, 3.8) is 0 Å². The molecular weight excluding hydrogens is 328 g/mol. The van der Waals surface area contributed by atoms with Gasteiger partial charge in [-0.2, -0.15) is 0 Å². The molecule has 0 N–H and O–H groups in total. The van der Waals surface area contributed by atoms with Crippen LogP contribution in [0.25, 0.3) is 0 Å². The summed E-state index contributed by atoms with van der Waals surface area (Å²) in [5.41, 5.74) is 0. The first kappa shape index (κ1) is 23.7. The average Bonchev–Trinajstić information content (AvgIpc) is 2.59. The van der Waals surface area contributed by atoms with E-state index in [4.69, 9.17) is 25.8 Å². The minimum atomic E-state index is -0.109. The van der Waals surface area contributed by atoms with E-state index in [-0.39, 0.29) is 5.97 Å². The van der Waals surface area contributed by atoms with Gasteiger partial charge in [0.15, 0.2) is 0 Å². The normalized spacial score (nSPS) is 10.9. The Balaban J connectivity index is 3.11. The van der Waals surface area contributed by atoms with Gasteiger partial charge >= 0.3 is 5.97 Å². The smallest absolute Gasteiger partial charge is 0.305 e. The number of rotatable bonds is 19. The van der Waals surface area contributed by atoms with E-state index in [0.29, 0.717) is 32.8 Å². The van der Waals surface area contributed by atoms with Crippen molar-refractivity contribution in [1.29, 1.82) is 0 Å². The third-order valence-electron chi connectivity index (χ3n) is 3.77. The molecule has 0 rings (SSSR count). The average molecular weight is 365 g/mol. The quantitative estimate of drug-likeness (QED) is 0.181. The molecule has 0 atom stereocenters. The first-order chi connectivity index (χ1) is 11.8. The Labute approximate surface area is 153 Å². The molecular formula is C19H37ClO4. The lowest BCUT2D eigenvalue weighted by molar-refractivity contribution is -0.145. The summed E-state index contributed by atoms with van der Waals surface area (Å²) in [5, 5.41) is 0. The Morgan fingerprint density at radius 1 is 0.708 bits per heavy atom. The van der Waals surface area contributed by atoms with Crippen LogP contribution in [0.4, 0.5) is 0 Å². The first-order valence-corrected chi connectivity index (χ1v) is 10.2. The molecule has 0 fully saturated rings. The third-order valence-corrected chi connectivity index (χ3v) is 4.04. The van der Waals surface area contributed by atoms with Crippen molar-refractivity contribution in [3.05, 3.63) is 0 Å². The van der Waals surface area contributed by atoms with Crippen molar-refractivity contribution in [3.8, 4) is 0 Å². The fraction of sp³-hybridized carbons (Fsp3) is 0.947. The van der Waals surface area contributed by atoms with Crippen LogP contribution in [0.1, 0.15) is 77.6 Å². The first-order valence-electron chi connectivity index (χ1n) is 9.68. The number of alkyl halides is 1. The molecule has 0 aliphatic rings. The van der Waals surface area contributed by atoms with Gasteiger partial charge in [0.2, 0.25) is 0 Å². The Hall–Kier alpha value is -0.320. The summed E-state index contributed by atoms with van der Waals surface area (Å²) in [4.78, 5) is 11.5. The Morgan fingerprint density at radius 2 is 1.29 bits per heavy atom. The van der Waals surface area contributed by atoms with Crippen LogP contribution in [0, 0.1) is 0 Å². The second kappa shape index (κ2) is 20.7. The molecule has 0 aromatic carbocycles. The van der Waals surface area contributed by atoms with E-state index in [0.717, 1.165) is 38.2 Å². The predicted molar refractivity (Wildman–Crippen MR) is 99.8 cm³/mol. The van der Waals surface area contributed by atoms with Gasteiger partial charge in [0.25, 0.3) is 0 Å². The number of unbranched alkanes of at least 4 members (excludes halogenated alkanes) is 8. The van der Waals surface area contributed by atoms with Crippen LogP contribution in [-0.2, 0) is 19.0 Å². The fourth-order valence-corrected chi connectivity index (χ4v) is 2.50. The summed E-state index contributed by atoms with van der Waals surface area (Å²) < 4.78 is 16.0. The molecule has 0 aliphatic carbocycles. The maximum atomic E-state index is 11.5. The molecule has 0 spiro atoms. The van der Waals surface area contributed by atoms with Crippen molar-refractivity contribution in [2.75, 3.05) is 38.9 Å². The van der Waals surface area contributed by atoms with Crippen molar-refractivity contribution >= 4 is 17.6 Å². The zero-order valence-electron chi connectivity index (χ0n) is 15.5. The van der Waals surface area contributed by atoms with Crippen LogP contribution in [0.2, 0.25) is 0 Å². The molecule has 0 bridgehead atoms. The second-order valence-corrected chi connectivity index (χ2v) is 6.44. The molecule has 0 heterocycles. The van der Waals surface area contributed by atoms with Crippen molar-refractivity contribution in [2.45, 2.75) is 77.6 Å². The van der Waals surface area contributed by atoms with E-state index in [9.17, 15) is 4.79 Å². The molecule has 0 amide bonds. The highest BCUT2D eigenvalue weighted by molar-refractivity contribution is 6.17. The van der Waals surface area contributed by atoms with Crippen LogP contribution in [0.5, 0.6) is 0 Å². The molecule has 0 saturated heterocycles. The number of hydrogen-bond acceptors (Lipinski definition) is 4. The number of hydrogen-bond donors (Lipinski definition) is 0. The molecule has 144 valence electrons. The number of carbonyl (C=O) groups excluding carboxylic acids is 1. The van der Waals surface area contributed by atoms with Crippen molar-refractivity contribution in [2.24, 2.45) is 0 Å². The van der Waals surface area contributed by atoms with Crippen LogP contribution in [-0.4, -0.2) is 44.9 Å². The van der Waals surface area contributed by atoms with E-state index < -0.39 is 0 Å². The Kier molecular flexibility index (Phi) is 20.4. The van der Waals surface area contributed by atoms with Crippen molar-refractivity contribution < 1.29 is 19.0 Å². The van der Waals surface area contributed by atoms with Crippen LogP contribution >= 0.6 is 11.6 Å². The SMILES string of the molecule is CCCCCCCCC(=O)OCCOCCOCCCCCCCl. The standard InChI is InChI=1S/C19H37ClO4/c1-2-3-4-5-6-9-12-19(21)24-18-17-23-16-15-22-14-11-8-7-10-13-20/h2-18H2,1H3. The van der Waals surface area contributed by atoms with Gasteiger partial charge in [-0.3, -0.25) is 4.79 Å². The summed E-state index contributed by atoms with van der Waals surface area (Å²) in [6, 6.07) is 0. The maximum absolute atomic E-state index is 11.5. The van der Waals surface area contributed by atoms with E-state index in [2.05, 4.69) is 6.92 Å². The lowest BCUT2D eigenvalue weighted by atomic mass is 10.1. The molecule has 0 saturated carbocycles. The largest absolute Gasteiger partial charge is 0.463 e. The molecule has 0 aliphatic heterocycles. The van der Waals surface area contributed by atoms with Gasteiger partial charge in [-0.1, -0.05) is 51.9 Å². The zero-order chi connectivity index (χ0) is 17.7. The highest BCUT2D eigenvalue weighted by Crippen LogP contribution is 2.07. The Bertz CT molecular complexity index is 262. The van der Waals surface area contributed by atoms with Gasteiger partial charge in [-0.15, -0.1) is 11.6 Å². The van der Waals surface area contributed by atoms with Crippen LogP contribution in [0.15, 0.2) is 0 Å². The highest BCUT2D eigenvalue weighted by Gasteiger charge is 2.02. The third kappa shape index (κ3) is 19.7. The highest BCUT2D eigenvalue weighted by atomic mass is 35.5. The number of carbonyl (C=O) groups is 1. The van der Waals surface area contributed by atoms with E-state index in [1.54, 1.807) is 0 Å². The molecule has 0 aromatic rings. The Morgan fingerprint density at radius 3 is 2.04 bits per heavy atom. The minimum absolute atomic E-state index is 0.109. The summed E-state index contributed by atoms with van der Waals surface area (Å²) in [6.45, 7) is 4.92. The topological polar surface area (TPSA) is 44.8 Å². The van der Waals surface area contributed by atoms with Gasteiger partial charge in [0.1, 0.15) is 6.61 Å². The van der Waals surface area contributed by atoms with E-state index in [1.165, 1.54) is 38.5 Å². The monoisotopic (exact) mass is 364 g/mol. The van der Waals surface area contributed by atoms with E-state index >= 15 is 0 Å². The molecule has 0 unspecified atom stereocenters. The van der Waals surface area contributed by atoms with E-state index in [1.807, 2.05) is 0 Å². The summed E-state index contributed by atoms with van der Waals surface area (Å²) >= 11 is 5.61. The summed E-state index contributed by atoms with van der Waals surface area (Å²) in [7, 11) is 0. The molecule has 0 aromatic heterocycles. The minimum Gasteiger partial charge on any atom is -0.463 e. The second-order valence-electron chi connectivity index (χ2n) is 6.07. The molecule has 24 heavy (non-hydrogen) atoms. The molecule has 5 heteroatoms. The zero-order valence-corrected chi connectivity index (χ0v) is 16.3. The van der Waals surface area contributed by atoms with Gasteiger partial charge in [0, 0.05) is 18.9 Å². The lowest BCUT2D eigenvalue weighted by Crippen LogP contribution is -2.13. The molecule has 0 radical (unpaired) electrons. The summed E-state index contributed by atoms with van der Waals surface area (Å²) in [5.74, 6) is 0.639. The van der Waals surface area contributed by atoms with Crippen LogP contribution < -0.4 is 0 Å². The molecule has 4 nitrogen and oxygen atoms in total. The van der Waals surface area contributed by atoms with Gasteiger partial charge in [-0.05, 0) is 19.3 Å². The predicted octanol–water partition coefficient (Wildman–Crippen LogP) is 5.11. The van der Waals surface area contributed by atoms with Gasteiger partial charge in [-0.25, -0.2) is 0 Å². The fourth-order valence-electron chi connectivity index (χ4n) is 2.31. The van der Waals surface area contributed by atoms with Gasteiger partial charge in [0.05, 0.1) is 19.8 Å². The van der Waals surface area contributed by atoms with Crippen LogP contribution in [0.3, 0.4) is 0 Å². The van der Waals surface area contributed by atoms with Crippen molar-refractivity contribution in [1.82, 2.24) is 0 Å². The number of ether oxygens (including phenoxy) is 3. The van der Waals surface area contributed by atoms with Gasteiger partial charge < -0.3 is 14.2 Å². The maximum Gasteiger partial charge on any atom is 0.305 e.